The molecule has 0 aromatic rings. The molecule has 0 aliphatic carbocycles. The number of nitrogens with zero attached hydrogens (tertiary/aromatic N) is 2. The highest BCUT2D eigenvalue weighted by atomic mass is 16.7. The molecule has 4 unspecified atom stereocenters. The van der Waals surface area contributed by atoms with Crippen molar-refractivity contribution in [1.29, 1.82) is 0 Å². The van der Waals surface area contributed by atoms with E-state index in [1.807, 2.05) is 0 Å². The van der Waals surface area contributed by atoms with Crippen LogP contribution in [0.4, 0.5) is 0 Å². The van der Waals surface area contributed by atoms with Gasteiger partial charge in [-0.25, -0.2) is 0 Å². The molecule has 0 radical (unpaired) electrons. The largest absolute Gasteiger partial charge is 0.391 e. The number of hydrogen-bond acceptors (Lipinski definition) is 8. The zero-order valence-corrected chi connectivity index (χ0v) is 7.11. The summed E-state index contributed by atoms with van der Waals surface area (Å²) in [6.07, 6.45) is -2.76. The Kier molecular flexibility index (Phi) is 3.21. The smallest absolute Gasteiger partial charge is 0.218 e. The van der Waals surface area contributed by atoms with Crippen LogP contribution >= 0.6 is 0 Å². The molecule has 4 atom stereocenters. The molecule has 0 saturated carbocycles. The van der Waals surface area contributed by atoms with Gasteiger partial charge in [0.05, 0.1) is 6.61 Å². The minimum atomic E-state index is -2.24. The van der Waals surface area contributed by atoms with Gasteiger partial charge in [-0.2, -0.15) is 9.81 Å². The first-order valence-corrected chi connectivity index (χ1v) is 3.89. The molecule has 1 heterocycles. The van der Waals surface area contributed by atoms with E-state index in [0.29, 0.717) is 0 Å². The molecular weight excluding hydrogens is 196 g/mol. The van der Waals surface area contributed by atoms with Gasteiger partial charge in [0.2, 0.25) is 5.79 Å². The Morgan fingerprint density at radius 1 is 1.43 bits per heavy atom. The average Bonchev–Trinajstić information content (AvgIpc) is 2.41. The van der Waals surface area contributed by atoms with Crippen LogP contribution in [-0.2, 0) is 4.74 Å². The van der Waals surface area contributed by atoms with E-state index in [-0.39, 0.29) is 0 Å². The van der Waals surface area contributed by atoms with Crippen molar-refractivity contribution in [2.24, 2.45) is 10.4 Å². The highest BCUT2D eigenvalue weighted by molar-refractivity contribution is 5.00. The van der Waals surface area contributed by atoms with Crippen molar-refractivity contribution >= 4 is 0 Å². The number of aliphatic hydroxyl groups is 3. The third-order valence-corrected chi connectivity index (χ3v) is 2.12. The third-order valence-electron chi connectivity index (χ3n) is 2.12. The summed E-state index contributed by atoms with van der Waals surface area (Å²) >= 11 is 0. The van der Waals surface area contributed by atoms with E-state index in [9.17, 15) is 20.0 Å². The van der Waals surface area contributed by atoms with Crippen LogP contribution in [0.3, 0.4) is 0 Å². The number of aliphatic hydroxyl groups excluding tert-OH is 2. The Hall–Kier alpha value is -0.960. The second-order valence-electron chi connectivity index (χ2n) is 3.01. The van der Waals surface area contributed by atoms with Crippen molar-refractivity contribution in [3.8, 4) is 0 Å². The van der Waals surface area contributed by atoms with Crippen LogP contribution in [0, 0.1) is 9.81 Å². The van der Waals surface area contributed by atoms with Gasteiger partial charge in [-0.1, -0.05) is 10.4 Å². The Morgan fingerprint density at radius 3 is 2.50 bits per heavy atom. The van der Waals surface area contributed by atoms with E-state index in [2.05, 4.69) is 10.4 Å². The summed E-state index contributed by atoms with van der Waals surface area (Å²) in [6.45, 7) is -1.31. The van der Waals surface area contributed by atoms with Crippen molar-refractivity contribution in [1.82, 2.24) is 0 Å². The summed E-state index contributed by atoms with van der Waals surface area (Å²) in [7, 11) is 0. The molecule has 8 nitrogen and oxygen atoms in total. The predicted octanol–water partition coefficient (Wildman–Crippen LogP) is -1.67. The SMILES string of the molecule is O=NCC1OC(O)(CO)C(O)C1N=O. The van der Waals surface area contributed by atoms with Crippen LogP contribution in [-0.4, -0.2) is 52.5 Å². The van der Waals surface area contributed by atoms with Crippen molar-refractivity contribution in [3.63, 3.8) is 0 Å². The molecule has 1 aliphatic rings. The molecule has 1 rings (SSSR count). The topological polar surface area (TPSA) is 129 Å². The van der Waals surface area contributed by atoms with Gasteiger partial charge < -0.3 is 20.1 Å². The second kappa shape index (κ2) is 4.05. The minimum absolute atomic E-state index is 0.421. The lowest BCUT2D eigenvalue weighted by molar-refractivity contribution is -0.243. The fourth-order valence-electron chi connectivity index (χ4n) is 1.35. The fraction of sp³-hybridized carbons (Fsp3) is 1.00. The van der Waals surface area contributed by atoms with Crippen LogP contribution in [0.25, 0.3) is 0 Å². The van der Waals surface area contributed by atoms with Gasteiger partial charge in [0, 0.05) is 0 Å². The average molecular weight is 206 g/mol. The Balaban J connectivity index is 2.82. The number of rotatable bonds is 4. The number of nitroso groups, excluding NO2 is 2. The van der Waals surface area contributed by atoms with Crippen LogP contribution in [0.1, 0.15) is 0 Å². The molecule has 0 aromatic carbocycles. The van der Waals surface area contributed by atoms with E-state index in [4.69, 9.17) is 9.84 Å². The maximum Gasteiger partial charge on any atom is 0.218 e. The summed E-state index contributed by atoms with van der Waals surface area (Å²) in [4.78, 5) is 20.2. The normalized spacial score (nSPS) is 42.4. The zero-order chi connectivity index (χ0) is 10.8. The molecular formula is C6H10N2O6. The van der Waals surface area contributed by atoms with Gasteiger partial charge in [-0.3, -0.25) is 0 Å². The summed E-state index contributed by atoms with van der Waals surface area (Å²) < 4.78 is 4.72. The maximum absolute atomic E-state index is 10.3. The number of hydrogen-bond donors (Lipinski definition) is 3. The molecule has 3 N–H and O–H groups in total. The molecule has 14 heavy (non-hydrogen) atoms. The zero-order valence-electron chi connectivity index (χ0n) is 7.11. The highest BCUT2D eigenvalue weighted by Crippen LogP contribution is 2.30. The molecule has 1 aliphatic heterocycles. The van der Waals surface area contributed by atoms with E-state index < -0.39 is 37.2 Å². The summed E-state index contributed by atoms with van der Waals surface area (Å²) in [5, 5.41) is 32.4. The molecule has 0 aromatic heterocycles. The lowest BCUT2D eigenvalue weighted by Gasteiger charge is -2.22. The Labute approximate surface area is 78.4 Å². The first kappa shape index (κ1) is 11.1. The van der Waals surface area contributed by atoms with E-state index in [1.165, 1.54) is 0 Å². The van der Waals surface area contributed by atoms with Crippen LogP contribution in [0.2, 0.25) is 0 Å². The molecule has 80 valence electrons. The molecule has 1 saturated heterocycles. The van der Waals surface area contributed by atoms with Crippen molar-refractivity contribution in [2.45, 2.75) is 24.0 Å². The van der Waals surface area contributed by atoms with E-state index in [0.717, 1.165) is 0 Å². The van der Waals surface area contributed by atoms with Crippen LogP contribution in [0.5, 0.6) is 0 Å². The minimum Gasteiger partial charge on any atom is -0.391 e. The quantitative estimate of drug-likeness (QED) is 0.471. The van der Waals surface area contributed by atoms with Crippen LogP contribution in [0.15, 0.2) is 10.4 Å². The van der Waals surface area contributed by atoms with Gasteiger partial charge >= 0.3 is 0 Å². The lowest BCUT2D eigenvalue weighted by Crippen LogP contribution is -2.45. The van der Waals surface area contributed by atoms with Crippen LogP contribution < -0.4 is 0 Å². The van der Waals surface area contributed by atoms with E-state index in [1.54, 1.807) is 0 Å². The van der Waals surface area contributed by atoms with Gasteiger partial charge in [0.1, 0.15) is 18.8 Å². The highest BCUT2D eigenvalue weighted by Gasteiger charge is 2.54. The van der Waals surface area contributed by atoms with Gasteiger partial charge in [0.25, 0.3) is 0 Å². The van der Waals surface area contributed by atoms with Gasteiger partial charge in [-0.15, -0.1) is 0 Å². The Morgan fingerprint density at radius 2 is 2.07 bits per heavy atom. The maximum atomic E-state index is 10.3. The summed E-state index contributed by atoms with van der Waals surface area (Å²) in [5.41, 5.74) is 0. The second-order valence-corrected chi connectivity index (χ2v) is 3.01. The predicted molar refractivity (Wildman–Crippen MR) is 43.2 cm³/mol. The monoisotopic (exact) mass is 206 g/mol. The third kappa shape index (κ3) is 1.64. The van der Waals surface area contributed by atoms with Crippen molar-refractivity contribution < 1.29 is 20.1 Å². The van der Waals surface area contributed by atoms with Gasteiger partial charge in [0.15, 0.2) is 6.04 Å². The summed E-state index contributed by atoms with van der Waals surface area (Å²) in [5.74, 6) is -2.24. The summed E-state index contributed by atoms with van der Waals surface area (Å²) in [6, 6.07) is -1.30. The molecule has 1 fully saturated rings. The lowest BCUT2D eigenvalue weighted by atomic mass is 10.0. The van der Waals surface area contributed by atoms with Gasteiger partial charge in [-0.05, 0) is 0 Å². The number of ether oxygens (including phenoxy) is 1. The van der Waals surface area contributed by atoms with E-state index >= 15 is 0 Å². The Bertz CT molecular complexity index is 236. The molecule has 8 heteroatoms. The first-order chi connectivity index (χ1) is 6.59. The van der Waals surface area contributed by atoms with Crippen molar-refractivity contribution in [3.05, 3.63) is 9.81 Å². The van der Waals surface area contributed by atoms with Crippen molar-refractivity contribution in [2.75, 3.05) is 13.2 Å². The molecule has 0 amide bonds. The fourth-order valence-corrected chi connectivity index (χ4v) is 1.35. The first-order valence-electron chi connectivity index (χ1n) is 3.89. The molecule has 0 spiro atoms. The molecule has 0 bridgehead atoms. The standard InChI is InChI=1S/C6H10N2O6/c9-2-6(11)5(10)4(8-13)3(14-6)1-7-12/h3-5,9-11H,1-2H2.